The van der Waals surface area contributed by atoms with Gasteiger partial charge in [-0.05, 0) is 56.4 Å². The van der Waals surface area contributed by atoms with Crippen LogP contribution >= 0.6 is 0 Å². The number of rotatable bonds is 2. The molecule has 2 aliphatic carbocycles. The molecular weight excluding hydrogens is 272 g/mol. The Balaban J connectivity index is 1.84. The van der Waals surface area contributed by atoms with Crippen molar-refractivity contribution >= 4 is 5.78 Å². The van der Waals surface area contributed by atoms with Gasteiger partial charge in [-0.3, -0.25) is 4.79 Å². The Morgan fingerprint density at radius 3 is 2.50 bits per heavy atom. The monoisotopic (exact) mass is 302 g/mol. The summed E-state index contributed by atoms with van der Waals surface area (Å²) in [6, 6.07) is 0. The molecule has 0 N–H and O–H groups in total. The SMILES string of the molecule is CC(C)C[C@@]12O[C@@H](CCC1=O)C1(CCCCC1)C1=C2CCC1. The Bertz CT molecular complexity index is 510. The molecule has 1 spiro atoms. The molecule has 2 heteroatoms. The fourth-order valence-corrected chi connectivity index (χ4v) is 6.06. The van der Waals surface area contributed by atoms with Gasteiger partial charge in [0.1, 0.15) is 5.60 Å². The van der Waals surface area contributed by atoms with Gasteiger partial charge in [0.15, 0.2) is 5.78 Å². The third-order valence-electron chi connectivity index (χ3n) is 6.79. The number of carbonyl (C=O) groups excluding carboxylic acids is 1. The molecular formula is C20H30O2. The summed E-state index contributed by atoms with van der Waals surface area (Å²) < 4.78 is 6.73. The highest BCUT2D eigenvalue weighted by Crippen LogP contribution is 2.61. The third-order valence-corrected chi connectivity index (χ3v) is 6.79. The van der Waals surface area contributed by atoms with Crippen molar-refractivity contribution in [1.82, 2.24) is 0 Å². The molecule has 0 aromatic rings. The molecule has 2 aliphatic heterocycles. The van der Waals surface area contributed by atoms with Gasteiger partial charge in [-0.2, -0.15) is 0 Å². The molecule has 1 saturated carbocycles. The number of hydrogen-bond donors (Lipinski definition) is 0. The van der Waals surface area contributed by atoms with Crippen LogP contribution in [-0.4, -0.2) is 17.5 Å². The van der Waals surface area contributed by atoms with Crippen molar-refractivity contribution in [3.8, 4) is 0 Å². The van der Waals surface area contributed by atoms with E-state index >= 15 is 0 Å². The Hall–Kier alpha value is -0.630. The fraction of sp³-hybridized carbons (Fsp3) is 0.850. The summed E-state index contributed by atoms with van der Waals surface area (Å²) in [5.41, 5.74) is 2.93. The molecule has 0 unspecified atom stereocenters. The summed E-state index contributed by atoms with van der Waals surface area (Å²) in [5.74, 6) is 0.898. The highest BCUT2D eigenvalue weighted by molar-refractivity contribution is 5.92. The zero-order valence-corrected chi connectivity index (χ0v) is 14.2. The van der Waals surface area contributed by atoms with E-state index in [1.807, 2.05) is 0 Å². The van der Waals surface area contributed by atoms with Crippen LogP contribution in [0.1, 0.15) is 84.5 Å². The predicted molar refractivity (Wildman–Crippen MR) is 87.7 cm³/mol. The number of hydrogen-bond acceptors (Lipinski definition) is 2. The summed E-state index contributed by atoms with van der Waals surface area (Å²) in [5, 5.41) is 0. The lowest BCUT2D eigenvalue weighted by molar-refractivity contribution is -0.185. The second kappa shape index (κ2) is 5.19. The second-order valence-electron chi connectivity index (χ2n) is 8.52. The van der Waals surface area contributed by atoms with E-state index in [1.54, 1.807) is 5.57 Å². The van der Waals surface area contributed by atoms with Crippen molar-refractivity contribution in [2.45, 2.75) is 96.2 Å². The largest absolute Gasteiger partial charge is 0.359 e. The minimum absolute atomic E-state index is 0.311. The predicted octanol–water partition coefficient (Wildman–Crippen LogP) is 4.96. The molecule has 1 saturated heterocycles. The maximum atomic E-state index is 12.9. The van der Waals surface area contributed by atoms with Crippen LogP contribution in [0.2, 0.25) is 0 Å². The molecule has 22 heavy (non-hydrogen) atoms. The standard InChI is InChI=1S/C20H30O2/c1-14(2)13-20-16-8-6-7-15(16)19(11-4-3-5-12-19)18(22-20)10-9-17(20)21/h14,18H,3-13H2,1-2H3/t18-,20-/m0/s1. The molecule has 0 aromatic heterocycles. The van der Waals surface area contributed by atoms with Gasteiger partial charge in [0.25, 0.3) is 0 Å². The number of carbonyl (C=O) groups is 1. The minimum atomic E-state index is -0.522. The van der Waals surface area contributed by atoms with Gasteiger partial charge in [0, 0.05) is 11.8 Å². The van der Waals surface area contributed by atoms with E-state index in [9.17, 15) is 4.79 Å². The van der Waals surface area contributed by atoms with E-state index in [0.717, 1.165) is 25.7 Å². The average Bonchev–Trinajstić information content (AvgIpc) is 3.00. The quantitative estimate of drug-likeness (QED) is 0.674. The highest BCUT2D eigenvalue weighted by atomic mass is 16.5. The van der Waals surface area contributed by atoms with Gasteiger partial charge in [-0.1, -0.05) is 38.7 Å². The lowest BCUT2D eigenvalue weighted by atomic mass is 9.58. The van der Waals surface area contributed by atoms with E-state index in [2.05, 4.69) is 13.8 Å². The van der Waals surface area contributed by atoms with E-state index < -0.39 is 5.60 Å². The molecule has 0 radical (unpaired) electrons. The van der Waals surface area contributed by atoms with Gasteiger partial charge in [-0.25, -0.2) is 0 Å². The van der Waals surface area contributed by atoms with Gasteiger partial charge < -0.3 is 4.74 Å². The van der Waals surface area contributed by atoms with E-state index in [4.69, 9.17) is 4.74 Å². The third kappa shape index (κ3) is 1.92. The Labute approximate surface area is 134 Å². The molecule has 2 fully saturated rings. The molecule has 2 atom stereocenters. The Kier molecular flexibility index (Phi) is 3.52. The van der Waals surface area contributed by atoms with Crippen molar-refractivity contribution in [3.05, 3.63) is 11.1 Å². The maximum absolute atomic E-state index is 12.9. The molecule has 2 bridgehead atoms. The lowest BCUT2D eigenvalue weighted by Gasteiger charge is -2.56. The lowest BCUT2D eigenvalue weighted by Crippen LogP contribution is -2.59. The average molecular weight is 302 g/mol. The molecule has 0 aromatic carbocycles. The summed E-state index contributed by atoms with van der Waals surface area (Å²) in [7, 11) is 0. The van der Waals surface area contributed by atoms with E-state index in [-0.39, 0.29) is 0 Å². The van der Waals surface area contributed by atoms with Gasteiger partial charge in [-0.15, -0.1) is 0 Å². The van der Waals surface area contributed by atoms with Crippen molar-refractivity contribution in [2.24, 2.45) is 11.3 Å². The van der Waals surface area contributed by atoms with E-state index in [0.29, 0.717) is 23.2 Å². The summed E-state index contributed by atoms with van der Waals surface area (Å²) in [6.07, 6.45) is 13.2. The first kappa shape index (κ1) is 14.9. The van der Waals surface area contributed by atoms with Crippen LogP contribution in [0.15, 0.2) is 11.1 Å². The molecule has 4 aliphatic rings. The molecule has 122 valence electrons. The Morgan fingerprint density at radius 2 is 1.77 bits per heavy atom. The van der Waals surface area contributed by atoms with Gasteiger partial charge in [0.05, 0.1) is 6.10 Å². The van der Waals surface area contributed by atoms with Gasteiger partial charge >= 0.3 is 0 Å². The summed E-state index contributed by atoms with van der Waals surface area (Å²) >= 11 is 0. The molecule has 0 amide bonds. The number of Topliss-reactive ketones (excluding diaryl/α,β-unsaturated/α-hetero) is 1. The maximum Gasteiger partial charge on any atom is 0.168 e. The van der Waals surface area contributed by atoms with Crippen LogP contribution in [0.4, 0.5) is 0 Å². The smallest absolute Gasteiger partial charge is 0.168 e. The summed E-state index contributed by atoms with van der Waals surface area (Å²) in [4.78, 5) is 12.9. The van der Waals surface area contributed by atoms with Crippen LogP contribution in [0.3, 0.4) is 0 Å². The minimum Gasteiger partial charge on any atom is -0.359 e. The zero-order valence-electron chi connectivity index (χ0n) is 14.2. The normalized spacial score (nSPS) is 37.0. The Morgan fingerprint density at radius 1 is 1.05 bits per heavy atom. The first-order valence-corrected chi connectivity index (χ1v) is 9.53. The van der Waals surface area contributed by atoms with Crippen LogP contribution < -0.4 is 0 Å². The summed E-state index contributed by atoms with van der Waals surface area (Å²) in [6.45, 7) is 4.46. The van der Waals surface area contributed by atoms with Crippen LogP contribution in [-0.2, 0) is 9.53 Å². The van der Waals surface area contributed by atoms with Crippen LogP contribution in [0, 0.1) is 11.3 Å². The highest BCUT2D eigenvalue weighted by Gasteiger charge is 2.60. The first-order valence-electron chi connectivity index (χ1n) is 9.53. The fourth-order valence-electron chi connectivity index (χ4n) is 6.06. The zero-order chi connectivity index (χ0) is 15.4. The van der Waals surface area contributed by atoms with Crippen molar-refractivity contribution in [3.63, 3.8) is 0 Å². The second-order valence-corrected chi connectivity index (χ2v) is 8.52. The topological polar surface area (TPSA) is 26.3 Å². The number of fused-ring (bicyclic) bond motifs is 5. The van der Waals surface area contributed by atoms with Crippen molar-refractivity contribution < 1.29 is 9.53 Å². The molecule has 2 heterocycles. The number of ketones is 1. The van der Waals surface area contributed by atoms with Crippen LogP contribution in [0.25, 0.3) is 0 Å². The van der Waals surface area contributed by atoms with Crippen LogP contribution in [0.5, 0.6) is 0 Å². The van der Waals surface area contributed by atoms with E-state index in [1.165, 1.54) is 50.5 Å². The first-order chi connectivity index (χ1) is 10.6. The van der Waals surface area contributed by atoms with Gasteiger partial charge in [0.2, 0.25) is 0 Å². The molecule has 4 rings (SSSR count). The number of ether oxygens (including phenoxy) is 1. The van der Waals surface area contributed by atoms with Crippen molar-refractivity contribution in [2.75, 3.05) is 0 Å². The van der Waals surface area contributed by atoms with Crippen molar-refractivity contribution in [1.29, 1.82) is 0 Å². The molecule has 2 nitrogen and oxygen atoms in total.